The summed E-state index contributed by atoms with van der Waals surface area (Å²) in [4.78, 5) is 0. The Morgan fingerprint density at radius 3 is 0.667 bits per heavy atom. The van der Waals surface area contributed by atoms with Gasteiger partial charge in [0.2, 0.25) is 0 Å². The Hall–Kier alpha value is 1.97. The number of hydrogen-bond acceptors (Lipinski definition) is 0. The second-order valence-corrected chi connectivity index (χ2v) is 0. The van der Waals surface area contributed by atoms with Gasteiger partial charge in [0.15, 0.2) is 0 Å². The van der Waals surface area contributed by atoms with E-state index in [0.717, 1.165) is 0 Å². The summed E-state index contributed by atoms with van der Waals surface area (Å²) in [5.74, 6) is 0. The molecule has 0 aliphatic heterocycles. The van der Waals surface area contributed by atoms with Crippen LogP contribution in [0.5, 0.6) is 0 Å². The summed E-state index contributed by atoms with van der Waals surface area (Å²) in [6.45, 7) is 0. The zero-order valence-corrected chi connectivity index (χ0v) is 7.82. The maximum Gasteiger partial charge on any atom is 4.00 e. The standard InChI is InChI=1S/2FH.2O.Sr.Ti/h2*1H;;;;/q;;2*-2;+2;+4/p-2. The van der Waals surface area contributed by atoms with Crippen LogP contribution in [0.1, 0.15) is 0 Å². The average molecular weight is 205 g/mol. The third-order valence-corrected chi connectivity index (χ3v) is 0. The molecule has 0 spiro atoms. The van der Waals surface area contributed by atoms with Crippen LogP contribution in [0, 0.1) is 0 Å². The van der Waals surface area contributed by atoms with Crippen molar-refractivity contribution in [2.45, 2.75) is 0 Å². The van der Waals surface area contributed by atoms with Crippen molar-refractivity contribution in [3.63, 3.8) is 0 Å². The molecular formula is F2O2SrTi. The van der Waals surface area contributed by atoms with Crippen molar-refractivity contribution in [3.05, 3.63) is 0 Å². The van der Waals surface area contributed by atoms with E-state index < -0.39 is 0 Å². The van der Waals surface area contributed by atoms with Crippen LogP contribution in [-0.4, -0.2) is 45.5 Å². The van der Waals surface area contributed by atoms with Gasteiger partial charge in [-0.15, -0.1) is 0 Å². The number of hydrogen-bond donors (Lipinski definition) is 0. The van der Waals surface area contributed by atoms with E-state index in [0.29, 0.717) is 0 Å². The Balaban J connectivity index is 0. The fourth-order valence-corrected chi connectivity index (χ4v) is 0. The smallest absolute Gasteiger partial charge is 2.00 e. The van der Waals surface area contributed by atoms with Gasteiger partial charge < -0.3 is 20.4 Å². The molecule has 0 aliphatic carbocycles. The molecule has 32 valence electrons. The van der Waals surface area contributed by atoms with Crippen molar-refractivity contribution >= 4 is 45.5 Å². The van der Waals surface area contributed by atoms with Crippen LogP contribution in [0.2, 0.25) is 0 Å². The normalized spacial score (nSPS) is 0. The average Bonchev–Trinajstić information content (AvgIpc) is 0. The largest absolute Gasteiger partial charge is 4.00 e. The summed E-state index contributed by atoms with van der Waals surface area (Å²) in [5.41, 5.74) is 0. The Morgan fingerprint density at radius 2 is 0.667 bits per heavy atom. The van der Waals surface area contributed by atoms with Gasteiger partial charge in [-0.3, -0.25) is 0 Å². The minimum absolute atomic E-state index is 0. The van der Waals surface area contributed by atoms with Crippen molar-refractivity contribution < 1.29 is 42.1 Å². The molecule has 0 aromatic heterocycles. The van der Waals surface area contributed by atoms with Crippen LogP contribution >= 0.6 is 0 Å². The van der Waals surface area contributed by atoms with E-state index in [1.54, 1.807) is 0 Å². The summed E-state index contributed by atoms with van der Waals surface area (Å²) < 4.78 is 0. The molecule has 0 unspecified atom stereocenters. The molecule has 0 aromatic carbocycles. The van der Waals surface area contributed by atoms with Crippen LogP contribution in [0.15, 0.2) is 0 Å². The van der Waals surface area contributed by atoms with Gasteiger partial charge in [0.1, 0.15) is 0 Å². The predicted molar refractivity (Wildman–Crippen MR) is 7.13 cm³/mol. The molecule has 0 heterocycles. The quantitative estimate of drug-likeness (QED) is 0.353. The number of halogens is 2. The molecule has 6 heavy (non-hydrogen) atoms. The molecule has 6 heteroatoms. The SMILES string of the molecule is [F-].[F-].[O-2].[O-2].[Sr+2].[Ti+4]. The first-order valence-electron chi connectivity index (χ1n) is 0. The zero-order valence-electron chi connectivity index (χ0n) is 2.78. The van der Waals surface area contributed by atoms with E-state index >= 15 is 0 Å². The van der Waals surface area contributed by atoms with Gasteiger partial charge in [-0.05, 0) is 0 Å². The molecule has 2 nitrogen and oxygen atoms in total. The van der Waals surface area contributed by atoms with Crippen molar-refractivity contribution in [1.82, 2.24) is 0 Å². The molecule has 0 fully saturated rings. The van der Waals surface area contributed by atoms with E-state index in [2.05, 4.69) is 0 Å². The maximum atomic E-state index is 0. The van der Waals surface area contributed by atoms with Gasteiger partial charge in [-0.1, -0.05) is 0 Å². The molecular weight excluding hydrogens is 205 g/mol. The summed E-state index contributed by atoms with van der Waals surface area (Å²) >= 11 is 0. The first-order valence-corrected chi connectivity index (χ1v) is 0. The molecule has 0 N–H and O–H groups in total. The summed E-state index contributed by atoms with van der Waals surface area (Å²) in [6.07, 6.45) is 0. The van der Waals surface area contributed by atoms with Gasteiger partial charge >= 0.3 is 67.2 Å². The van der Waals surface area contributed by atoms with Gasteiger partial charge in [-0.2, -0.15) is 0 Å². The van der Waals surface area contributed by atoms with Crippen LogP contribution in [-0.2, 0) is 32.7 Å². The molecule has 0 rings (SSSR count). The first kappa shape index (κ1) is 99.5. The summed E-state index contributed by atoms with van der Waals surface area (Å²) in [7, 11) is 0. The van der Waals surface area contributed by atoms with Crippen molar-refractivity contribution in [2.75, 3.05) is 0 Å². The van der Waals surface area contributed by atoms with Gasteiger partial charge in [0.25, 0.3) is 0 Å². The van der Waals surface area contributed by atoms with Crippen LogP contribution in [0.3, 0.4) is 0 Å². The Kier molecular flexibility index (Phi) is 1060. The van der Waals surface area contributed by atoms with Crippen LogP contribution in [0.25, 0.3) is 0 Å². The first-order chi connectivity index (χ1) is 0. The second kappa shape index (κ2) is 63.8. The fraction of sp³-hybridized carbons (Fsp3) is 0. The Bertz CT molecular complexity index is 11.5. The maximum absolute atomic E-state index is 0. The molecule has 0 aromatic rings. The minimum Gasteiger partial charge on any atom is -2.00 e. The zero-order chi connectivity index (χ0) is 0. The molecule has 0 aliphatic rings. The van der Waals surface area contributed by atoms with Gasteiger partial charge in [-0.25, -0.2) is 0 Å². The molecule has 0 saturated heterocycles. The van der Waals surface area contributed by atoms with Crippen LogP contribution < -0.4 is 9.41 Å². The molecule has 0 radical (unpaired) electrons. The van der Waals surface area contributed by atoms with E-state index in [9.17, 15) is 0 Å². The molecule has 0 atom stereocenters. The van der Waals surface area contributed by atoms with E-state index in [4.69, 9.17) is 0 Å². The van der Waals surface area contributed by atoms with E-state index in [1.807, 2.05) is 0 Å². The molecule has 0 saturated carbocycles. The third-order valence-electron chi connectivity index (χ3n) is 0. The molecule has 0 bridgehead atoms. The van der Waals surface area contributed by atoms with Gasteiger partial charge in [0, 0.05) is 0 Å². The fourth-order valence-electron chi connectivity index (χ4n) is 0. The van der Waals surface area contributed by atoms with Crippen molar-refractivity contribution in [3.8, 4) is 0 Å². The monoisotopic (exact) mass is 206 g/mol. The second-order valence-electron chi connectivity index (χ2n) is 0. The topological polar surface area (TPSA) is 57.0 Å². The molecule has 0 amide bonds. The Labute approximate surface area is 86.2 Å². The van der Waals surface area contributed by atoms with Gasteiger partial charge in [0.05, 0.1) is 0 Å². The van der Waals surface area contributed by atoms with E-state index in [1.165, 1.54) is 0 Å². The van der Waals surface area contributed by atoms with Crippen molar-refractivity contribution in [1.29, 1.82) is 0 Å². The predicted octanol–water partition coefficient (Wildman–Crippen LogP) is -6.61. The summed E-state index contributed by atoms with van der Waals surface area (Å²) in [6, 6.07) is 0. The van der Waals surface area contributed by atoms with Crippen LogP contribution in [0.4, 0.5) is 0 Å². The summed E-state index contributed by atoms with van der Waals surface area (Å²) in [5, 5.41) is 0. The Morgan fingerprint density at radius 1 is 0.667 bits per heavy atom. The third kappa shape index (κ3) is 37.9. The van der Waals surface area contributed by atoms with E-state index in [-0.39, 0.29) is 87.6 Å². The van der Waals surface area contributed by atoms with Crippen molar-refractivity contribution in [2.24, 2.45) is 0 Å². The number of rotatable bonds is 0. The minimum atomic E-state index is 0.